The van der Waals surface area contributed by atoms with Crippen LogP contribution in [0.25, 0.3) is 0 Å². The van der Waals surface area contributed by atoms with Gasteiger partial charge in [-0.2, -0.15) is 0 Å². The Bertz CT molecular complexity index is 834. The summed E-state index contributed by atoms with van der Waals surface area (Å²) in [5.74, 6) is 0.749. The van der Waals surface area contributed by atoms with Crippen LogP contribution in [0.3, 0.4) is 0 Å². The van der Waals surface area contributed by atoms with E-state index in [9.17, 15) is 24.6 Å². The fourth-order valence-corrected chi connectivity index (χ4v) is 4.33. The molecule has 30 heavy (non-hydrogen) atoms. The molecule has 159 valence electrons. The molecule has 0 aromatic heterocycles. The van der Waals surface area contributed by atoms with Crippen LogP contribution in [0.2, 0.25) is 0 Å². The molecule has 5 N–H and O–H groups in total. The van der Waals surface area contributed by atoms with E-state index in [0.29, 0.717) is 12.3 Å². The van der Waals surface area contributed by atoms with Crippen LogP contribution in [0.4, 0.5) is 0 Å². The number of phenols is 1. The van der Waals surface area contributed by atoms with Gasteiger partial charge in [0.15, 0.2) is 0 Å². The minimum absolute atomic E-state index is 0. The number of hydrogen-bond donors (Lipinski definition) is 5. The predicted molar refractivity (Wildman–Crippen MR) is 116 cm³/mol. The number of phenolic OH excluding ortho intramolecular Hbond substituents is 1. The molecule has 1 saturated carbocycles. The summed E-state index contributed by atoms with van der Waals surface area (Å²) in [6, 6.07) is 12.9. The molecular weight excluding hydrogens is 400 g/mol. The smallest absolute Gasteiger partial charge is 0.356 e. The maximum Gasteiger partial charge on any atom is 0.356 e. The van der Waals surface area contributed by atoms with Crippen molar-refractivity contribution in [2.24, 2.45) is 0 Å². The van der Waals surface area contributed by atoms with Crippen molar-refractivity contribution in [3.63, 3.8) is 0 Å². The van der Waals surface area contributed by atoms with Gasteiger partial charge in [0.1, 0.15) is 24.2 Å². The van der Waals surface area contributed by atoms with Crippen molar-refractivity contribution in [3.05, 3.63) is 54.1 Å². The number of ether oxygens (including phenoxy) is 1. The Kier molecular flexibility index (Phi) is 9.02. The first-order valence-electron chi connectivity index (χ1n) is 9.76. The molecule has 0 spiro atoms. The van der Waals surface area contributed by atoms with Crippen molar-refractivity contribution in [1.82, 2.24) is 5.32 Å². The summed E-state index contributed by atoms with van der Waals surface area (Å²) in [4.78, 5) is 18.5. The van der Waals surface area contributed by atoms with E-state index in [2.05, 4.69) is 5.32 Å². The Balaban J connectivity index is 0.00000320. The van der Waals surface area contributed by atoms with Gasteiger partial charge >= 0.3 is 7.60 Å². The largest absolute Gasteiger partial charge is 0.508 e. The first kappa shape index (κ1) is 25.0. The van der Waals surface area contributed by atoms with Crippen LogP contribution in [0.15, 0.2) is 48.5 Å². The van der Waals surface area contributed by atoms with Crippen LogP contribution in [0, 0.1) is 0 Å². The van der Waals surface area contributed by atoms with E-state index < -0.39 is 13.7 Å². The molecule has 2 aromatic carbocycles. The second-order valence-electron chi connectivity index (χ2n) is 7.71. The van der Waals surface area contributed by atoms with Crippen molar-refractivity contribution in [2.75, 3.05) is 13.2 Å². The number of aromatic hydroxyl groups is 1. The van der Waals surface area contributed by atoms with E-state index in [4.69, 9.17) is 4.74 Å². The van der Waals surface area contributed by atoms with E-state index in [0.717, 1.165) is 37.7 Å². The molecule has 1 radical (unpaired) electrons. The Morgan fingerprint density at radius 1 is 1.03 bits per heavy atom. The number of benzene rings is 2. The molecule has 3 rings (SSSR count). The van der Waals surface area contributed by atoms with Gasteiger partial charge in [-0.1, -0.05) is 25.0 Å². The Morgan fingerprint density at radius 2 is 1.63 bits per heavy atom. The zero-order valence-corrected chi connectivity index (χ0v) is 18.1. The number of rotatable bonds is 9. The summed E-state index contributed by atoms with van der Waals surface area (Å²) >= 11 is 0. The molecule has 0 heterocycles. The van der Waals surface area contributed by atoms with Crippen LogP contribution < -0.4 is 15.4 Å². The molecule has 0 bridgehead atoms. The Morgan fingerprint density at radius 3 is 2.20 bits per heavy atom. The van der Waals surface area contributed by atoms with Gasteiger partial charge in [-0.25, -0.2) is 0 Å². The molecule has 1 fully saturated rings. The number of hydrogen-bond acceptors (Lipinski definition) is 5. The summed E-state index contributed by atoms with van der Waals surface area (Å²) in [5.41, 5.74) is 0.870. The van der Waals surface area contributed by atoms with Crippen LogP contribution in [-0.4, -0.2) is 63.7 Å². The zero-order valence-electron chi connectivity index (χ0n) is 17.2. The summed E-state index contributed by atoms with van der Waals surface area (Å²) in [7, 11) is -4.23. The second kappa shape index (κ2) is 10.8. The van der Waals surface area contributed by atoms with Crippen molar-refractivity contribution in [3.8, 4) is 11.5 Å². The first-order chi connectivity index (χ1) is 13.8. The van der Waals surface area contributed by atoms with Gasteiger partial charge < -0.3 is 30.1 Å². The maximum absolute atomic E-state index is 11.3. The van der Waals surface area contributed by atoms with Crippen LogP contribution in [0.5, 0.6) is 11.5 Å². The molecule has 1 atom stereocenters. The van der Waals surface area contributed by atoms with E-state index in [1.54, 1.807) is 24.3 Å². The molecule has 1 aliphatic carbocycles. The first-order valence-corrected chi connectivity index (χ1v) is 11.4. The van der Waals surface area contributed by atoms with E-state index >= 15 is 0 Å². The van der Waals surface area contributed by atoms with Crippen LogP contribution in [-0.2, 0) is 11.0 Å². The van der Waals surface area contributed by atoms with E-state index in [1.165, 1.54) is 24.3 Å². The standard InChI is InChI=1S/C21H28NO6P.Li/c23-17-5-7-19(8-6-17)28-15-18(24)14-22-21(11-1-2-12-21)13-16-3-9-20(10-4-16)29(25,26)27;/h3-10,18,22-24H,1-2,11-15H2,(H2,25,26,27);/t18-;/m0./s1. The third-order valence-electron chi connectivity index (χ3n) is 5.37. The summed E-state index contributed by atoms with van der Waals surface area (Å²) in [5, 5.41) is 23.1. The molecule has 9 heteroatoms. The van der Waals surface area contributed by atoms with Crippen LogP contribution in [0.1, 0.15) is 31.2 Å². The van der Waals surface area contributed by atoms with Crippen molar-refractivity contribution in [1.29, 1.82) is 0 Å². The van der Waals surface area contributed by atoms with Crippen molar-refractivity contribution in [2.45, 2.75) is 43.7 Å². The minimum atomic E-state index is -4.23. The Labute approximate surface area is 188 Å². The molecular formula is C21H28LiNO6P. The van der Waals surface area contributed by atoms with Crippen molar-refractivity contribution >= 4 is 31.8 Å². The predicted octanol–water partition coefficient (Wildman–Crippen LogP) is 1.70. The van der Waals surface area contributed by atoms with Gasteiger partial charge in [0.2, 0.25) is 0 Å². The minimum Gasteiger partial charge on any atom is -0.508 e. The molecule has 0 amide bonds. The average Bonchev–Trinajstić information content (AvgIpc) is 3.14. The van der Waals surface area contributed by atoms with Gasteiger partial charge in [0.05, 0.1) is 5.30 Å². The molecule has 0 saturated heterocycles. The summed E-state index contributed by atoms with van der Waals surface area (Å²) < 4.78 is 16.9. The maximum atomic E-state index is 11.3. The topological polar surface area (TPSA) is 119 Å². The SMILES string of the molecule is O=P(O)(O)c1ccc(CC2(NC[C@H](O)COc3ccc(O)cc3)CCCC2)cc1.[Li]. The number of β-amino-alcohol motifs (C(OH)–C–C–N with tert-alkyl or cyclic N) is 1. The normalized spacial score (nSPS) is 16.6. The van der Waals surface area contributed by atoms with Crippen LogP contribution >= 0.6 is 7.60 Å². The monoisotopic (exact) mass is 428 g/mol. The molecule has 1 aliphatic rings. The van der Waals surface area contributed by atoms with E-state index in [1.807, 2.05) is 0 Å². The fraction of sp³-hybridized carbons (Fsp3) is 0.429. The number of nitrogens with one attached hydrogen (secondary N) is 1. The van der Waals surface area contributed by atoms with Gasteiger partial charge in [-0.15, -0.1) is 0 Å². The Hall–Kier alpha value is -1.29. The molecule has 0 unspecified atom stereocenters. The average molecular weight is 428 g/mol. The third-order valence-corrected chi connectivity index (χ3v) is 6.34. The fourth-order valence-electron chi connectivity index (χ4n) is 3.79. The quantitative estimate of drug-likeness (QED) is 0.305. The summed E-state index contributed by atoms with van der Waals surface area (Å²) in [6.07, 6.45) is 4.23. The number of aliphatic hydroxyl groups excluding tert-OH is 1. The summed E-state index contributed by atoms with van der Waals surface area (Å²) in [6.45, 7) is 0.531. The molecule has 0 aliphatic heterocycles. The van der Waals surface area contributed by atoms with Crippen molar-refractivity contribution < 1.29 is 29.3 Å². The van der Waals surface area contributed by atoms with E-state index in [-0.39, 0.29) is 42.1 Å². The van der Waals surface area contributed by atoms with Gasteiger partial charge in [0.25, 0.3) is 0 Å². The third kappa shape index (κ3) is 7.14. The van der Waals surface area contributed by atoms with Gasteiger partial charge in [-0.05, 0) is 61.2 Å². The second-order valence-corrected chi connectivity index (χ2v) is 9.32. The molecule has 2 aromatic rings. The van der Waals surface area contributed by atoms with Gasteiger partial charge in [0, 0.05) is 30.9 Å². The zero-order chi connectivity index (χ0) is 20.9. The van der Waals surface area contributed by atoms with Gasteiger partial charge in [-0.3, -0.25) is 4.57 Å². The number of aliphatic hydroxyl groups is 1. The molecule has 7 nitrogen and oxygen atoms in total.